The van der Waals surface area contributed by atoms with E-state index >= 15 is 0 Å². The average molecular weight is 329 g/mol. The summed E-state index contributed by atoms with van der Waals surface area (Å²) in [5.74, 6) is 0.673. The van der Waals surface area contributed by atoms with Gasteiger partial charge in [-0.3, -0.25) is 4.79 Å². The Morgan fingerprint density at radius 1 is 1.08 bits per heavy atom. The van der Waals surface area contributed by atoms with Gasteiger partial charge in [-0.15, -0.1) is 0 Å². The van der Waals surface area contributed by atoms with Gasteiger partial charge in [0.25, 0.3) is 0 Å². The molecule has 0 saturated carbocycles. The lowest BCUT2D eigenvalue weighted by atomic mass is 10.1. The number of ether oxygens (including phenoxy) is 1. The number of aryl methyl sites for hydroxylation is 1. The second-order valence-corrected chi connectivity index (χ2v) is 5.67. The molecule has 0 heterocycles. The van der Waals surface area contributed by atoms with E-state index in [1.54, 1.807) is 6.07 Å². The van der Waals surface area contributed by atoms with Crippen LogP contribution >= 0.6 is 0 Å². The Morgan fingerprint density at radius 2 is 1.79 bits per heavy atom. The number of carbonyl (C=O) groups is 1. The fourth-order valence-corrected chi connectivity index (χ4v) is 2.30. The van der Waals surface area contributed by atoms with Gasteiger partial charge < -0.3 is 20.3 Å². The molecule has 5 nitrogen and oxygen atoms in total. The lowest BCUT2D eigenvalue weighted by molar-refractivity contribution is -0.121. The number of rotatable bonds is 8. The maximum absolute atomic E-state index is 11.8. The maximum Gasteiger partial charge on any atom is 0.220 e. The van der Waals surface area contributed by atoms with Crippen LogP contribution in [0.15, 0.2) is 42.5 Å². The highest BCUT2D eigenvalue weighted by Crippen LogP contribution is 2.25. The quantitative estimate of drug-likeness (QED) is 0.650. The fourth-order valence-electron chi connectivity index (χ4n) is 2.30. The molecule has 2 aromatic rings. The number of hydrogen-bond acceptors (Lipinski definition) is 4. The number of nitrogens with one attached hydrogen (secondary N) is 1. The van der Waals surface area contributed by atoms with Crippen molar-refractivity contribution in [3.8, 4) is 17.2 Å². The fraction of sp³-hybridized carbons (Fsp3) is 0.316. The smallest absolute Gasteiger partial charge is 0.220 e. The molecule has 0 fully saturated rings. The second kappa shape index (κ2) is 8.82. The third-order valence-electron chi connectivity index (χ3n) is 3.65. The minimum Gasteiger partial charge on any atom is -0.507 e. The highest BCUT2D eigenvalue weighted by atomic mass is 16.5. The Bertz CT molecular complexity index is 665. The number of amides is 1. The number of phenolic OH excluding ortho intramolecular Hbond substituents is 2. The van der Waals surface area contributed by atoms with Crippen molar-refractivity contribution >= 4 is 5.91 Å². The molecule has 24 heavy (non-hydrogen) atoms. The van der Waals surface area contributed by atoms with Crippen molar-refractivity contribution in [2.75, 3.05) is 6.61 Å². The van der Waals surface area contributed by atoms with E-state index in [2.05, 4.69) is 5.32 Å². The van der Waals surface area contributed by atoms with Gasteiger partial charge in [-0.25, -0.2) is 0 Å². The van der Waals surface area contributed by atoms with Crippen LogP contribution in [-0.4, -0.2) is 22.7 Å². The maximum atomic E-state index is 11.8. The Morgan fingerprint density at radius 3 is 2.50 bits per heavy atom. The van der Waals surface area contributed by atoms with Crippen molar-refractivity contribution in [1.29, 1.82) is 0 Å². The summed E-state index contributed by atoms with van der Waals surface area (Å²) in [6, 6.07) is 12.4. The van der Waals surface area contributed by atoms with E-state index in [9.17, 15) is 15.0 Å². The Kier molecular flexibility index (Phi) is 6.49. The number of carbonyl (C=O) groups excluding carboxylic acids is 1. The van der Waals surface area contributed by atoms with Gasteiger partial charge in [-0.05, 0) is 49.6 Å². The zero-order valence-corrected chi connectivity index (χ0v) is 13.8. The van der Waals surface area contributed by atoms with Crippen molar-refractivity contribution < 1.29 is 19.7 Å². The van der Waals surface area contributed by atoms with Gasteiger partial charge in [0.2, 0.25) is 5.91 Å². The van der Waals surface area contributed by atoms with Crippen LogP contribution in [0.2, 0.25) is 0 Å². The van der Waals surface area contributed by atoms with Gasteiger partial charge in [-0.2, -0.15) is 0 Å². The van der Waals surface area contributed by atoms with Crippen LogP contribution in [-0.2, 0) is 11.3 Å². The monoisotopic (exact) mass is 329 g/mol. The molecule has 2 aromatic carbocycles. The topological polar surface area (TPSA) is 78.8 Å². The van der Waals surface area contributed by atoms with Crippen molar-refractivity contribution in [2.45, 2.75) is 32.7 Å². The van der Waals surface area contributed by atoms with Crippen LogP contribution in [0.1, 0.15) is 30.4 Å². The lowest BCUT2D eigenvalue weighted by Gasteiger charge is -2.09. The minimum absolute atomic E-state index is 0.0261. The molecule has 0 atom stereocenters. The number of unbranched alkanes of at least 4 members (excludes halogenated alkanes) is 1. The minimum atomic E-state index is -0.117. The number of hydrogen-bond donors (Lipinski definition) is 3. The lowest BCUT2D eigenvalue weighted by Crippen LogP contribution is -2.22. The van der Waals surface area contributed by atoms with Crippen LogP contribution in [0.4, 0.5) is 0 Å². The predicted molar refractivity (Wildman–Crippen MR) is 92.1 cm³/mol. The molecule has 0 aliphatic heterocycles. The molecule has 5 heteroatoms. The molecule has 0 aliphatic carbocycles. The van der Waals surface area contributed by atoms with Crippen molar-refractivity contribution in [2.24, 2.45) is 0 Å². The van der Waals surface area contributed by atoms with Crippen LogP contribution in [0.25, 0.3) is 0 Å². The van der Waals surface area contributed by atoms with Crippen molar-refractivity contribution in [3.63, 3.8) is 0 Å². The van der Waals surface area contributed by atoms with E-state index in [1.165, 1.54) is 12.1 Å². The second-order valence-electron chi connectivity index (χ2n) is 5.67. The van der Waals surface area contributed by atoms with Crippen LogP contribution in [0.3, 0.4) is 0 Å². The van der Waals surface area contributed by atoms with E-state index in [1.807, 2.05) is 31.2 Å². The molecule has 0 unspecified atom stereocenters. The molecule has 0 saturated heterocycles. The van der Waals surface area contributed by atoms with E-state index in [-0.39, 0.29) is 24.0 Å². The van der Waals surface area contributed by atoms with Crippen LogP contribution in [0, 0.1) is 6.92 Å². The third-order valence-corrected chi connectivity index (χ3v) is 3.65. The molecule has 128 valence electrons. The molecule has 0 radical (unpaired) electrons. The van der Waals surface area contributed by atoms with Crippen molar-refractivity contribution in [1.82, 2.24) is 5.32 Å². The molecule has 0 aromatic heterocycles. The van der Waals surface area contributed by atoms with Gasteiger partial charge in [0.15, 0.2) is 0 Å². The summed E-state index contributed by atoms with van der Waals surface area (Å²) in [4.78, 5) is 11.8. The Labute approximate surface area is 141 Å². The van der Waals surface area contributed by atoms with Gasteiger partial charge in [0.1, 0.15) is 17.2 Å². The summed E-state index contributed by atoms with van der Waals surface area (Å²) in [5, 5.41) is 22.0. The first-order valence-electron chi connectivity index (χ1n) is 8.02. The van der Waals surface area contributed by atoms with E-state index in [4.69, 9.17) is 4.74 Å². The van der Waals surface area contributed by atoms with E-state index in [0.29, 0.717) is 25.0 Å². The molecule has 0 spiro atoms. The Balaban J connectivity index is 1.63. The average Bonchev–Trinajstić information content (AvgIpc) is 2.54. The SMILES string of the molecule is Cc1cccc(OCCCCC(=O)NCc2c(O)cccc2O)c1. The first-order chi connectivity index (χ1) is 11.6. The normalized spacial score (nSPS) is 10.4. The molecular weight excluding hydrogens is 306 g/mol. The number of aromatic hydroxyl groups is 2. The molecule has 0 aliphatic rings. The first kappa shape index (κ1) is 17.7. The van der Waals surface area contributed by atoms with Gasteiger partial charge >= 0.3 is 0 Å². The summed E-state index contributed by atoms with van der Waals surface area (Å²) in [5.41, 5.74) is 1.48. The zero-order valence-electron chi connectivity index (χ0n) is 13.8. The molecular formula is C19H23NO4. The largest absolute Gasteiger partial charge is 0.507 e. The first-order valence-corrected chi connectivity index (χ1v) is 8.02. The summed E-state index contributed by atoms with van der Waals surface area (Å²) in [6.07, 6.45) is 1.87. The van der Waals surface area contributed by atoms with Crippen LogP contribution < -0.4 is 10.1 Å². The van der Waals surface area contributed by atoms with Gasteiger partial charge in [0, 0.05) is 6.42 Å². The summed E-state index contributed by atoms with van der Waals surface area (Å²) in [7, 11) is 0. The van der Waals surface area contributed by atoms with E-state index in [0.717, 1.165) is 17.7 Å². The standard InChI is InChI=1S/C19H23NO4/c1-14-6-4-7-15(12-14)24-11-3-2-10-19(23)20-13-16-17(21)8-5-9-18(16)22/h4-9,12,21-22H,2-3,10-11,13H2,1H3,(H,20,23). The zero-order chi connectivity index (χ0) is 17.4. The summed E-state index contributed by atoms with van der Waals surface area (Å²) < 4.78 is 5.63. The summed E-state index contributed by atoms with van der Waals surface area (Å²) >= 11 is 0. The van der Waals surface area contributed by atoms with Crippen molar-refractivity contribution in [3.05, 3.63) is 53.6 Å². The molecule has 3 N–H and O–H groups in total. The van der Waals surface area contributed by atoms with E-state index < -0.39 is 0 Å². The number of benzene rings is 2. The summed E-state index contributed by atoms with van der Waals surface area (Å²) in [6.45, 7) is 2.69. The van der Waals surface area contributed by atoms with Gasteiger partial charge in [0.05, 0.1) is 18.7 Å². The Hall–Kier alpha value is -2.69. The molecule has 1 amide bonds. The highest BCUT2D eigenvalue weighted by Gasteiger charge is 2.08. The third kappa shape index (κ3) is 5.50. The van der Waals surface area contributed by atoms with Gasteiger partial charge in [-0.1, -0.05) is 18.2 Å². The van der Waals surface area contributed by atoms with Crippen LogP contribution in [0.5, 0.6) is 17.2 Å². The number of phenols is 2. The molecule has 2 rings (SSSR count). The molecule has 0 bridgehead atoms. The predicted octanol–water partition coefficient (Wildman–Crippen LogP) is 3.27. The highest BCUT2D eigenvalue weighted by molar-refractivity contribution is 5.76.